The van der Waals surface area contributed by atoms with Gasteiger partial charge in [0.15, 0.2) is 5.11 Å². The molecule has 3 aromatic rings. The maximum Gasteiger partial charge on any atom is 0.261 e. The van der Waals surface area contributed by atoms with Crippen molar-refractivity contribution in [2.75, 3.05) is 17.2 Å². The van der Waals surface area contributed by atoms with Crippen LogP contribution in [0.1, 0.15) is 29.8 Å². The summed E-state index contributed by atoms with van der Waals surface area (Å²) in [6.45, 7) is 4.10. The lowest BCUT2D eigenvalue weighted by atomic mass is 10.1. The number of para-hydroxylation sites is 1. The van der Waals surface area contributed by atoms with Gasteiger partial charge in [-0.1, -0.05) is 62.4 Å². The Balaban J connectivity index is 1.58. The highest BCUT2D eigenvalue weighted by Crippen LogP contribution is 2.19. The predicted octanol–water partition coefficient (Wildman–Crippen LogP) is 5.03. The van der Waals surface area contributed by atoms with E-state index in [1.807, 2.05) is 50.2 Å². The Morgan fingerprint density at radius 3 is 2.27 bits per heavy atom. The highest BCUT2D eigenvalue weighted by Gasteiger charge is 2.14. The first-order valence-electron chi connectivity index (χ1n) is 10.7. The molecule has 0 saturated heterocycles. The van der Waals surface area contributed by atoms with Gasteiger partial charge < -0.3 is 15.4 Å². The summed E-state index contributed by atoms with van der Waals surface area (Å²) in [7, 11) is 0. The molecule has 0 bridgehead atoms. The first-order valence-corrected chi connectivity index (χ1v) is 11.1. The van der Waals surface area contributed by atoms with E-state index < -0.39 is 0 Å². The molecule has 0 unspecified atom stereocenters. The summed E-state index contributed by atoms with van der Waals surface area (Å²) < 4.78 is 5.87. The van der Waals surface area contributed by atoms with Crippen LogP contribution in [0.2, 0.25) is 0 Å². The van der Waals surface area contributed by atoms with Crippen LogP contribution in [0.15, 0.2) is 78.9 Å². The molecule has 0 aromatic heterocycles. The number of carbonyl (C=O) groups is 2. The summed E-state index contributed by atoms with van der Waals surface area (Å²) in [5, 5.41) is 8.64. The molecule has 0 aliphatic heterocycles. The minimum atomic E-state index is -0.368. The molecule has 0 spiro atoms. The lowest BCUT2D eigenvalue weighted by Crippen LogP contribution is -2.34. The molecule has 7 heteroatoms. The summed E-state index contributed by atoms with van der Waals surface area (Å²) in [5.41, 5.74) is 2.85. The average Bonchev–Trinajstić information content (AvgIpc) is 2.80. The second-order valence-electron chi connectivity index (χ2n) is 7.71. The van der Waals surface area contributed by atoms with Gasteiger partial charge in [0.05, 0.1) is 12.2 Å². The molecule has 3 aromatic carbocycles. The van der Waals surface area contributed by atoms with Gasteiger partial charge in [-0.15, -0.1) is 0 Å². The molecule has 2 amide bonds. The van der Waals surface area contributed by atoms with E-state index in [2.05, 4.69) is 16.0 Å². The number of nitrogens with one attached hydrogen (secondary N) is 3. The third-order valence-electron chi connectivity index (χ3n) is 4.76. The minimum Gasteiger partial charge on any atom is -0.492 e. The van der Waals surface area contributed by atoms with E-state index in [1.165, 1.54) is 0 Å². The van der Waals surface area contributed by atoms with Crippen LogP contribution in [0, 0.1) is 5.92 Å². The largest absolute Gasteiger partial charge is 0.492 e. The van der Waals surface area contributed by atoms with Crippen molar-refractivity contribution in [1.82, 2.24) is 5.32 Å². The summed E-state index contributed by atoms with van der Waals surface area (Å²) in [6.07, 6.45) is 0.737. The van der Waals surface area contributed by atoms with Crippen molar-refractivity contribution in [3.63, 3.8) is 0 Å². The van der Waals surface area contributed by atoms with Gasteiger partial charge in [0.1, 0.15) is 5.75 Å². The number of rotatable bonds is 8. The van der Waals surface area contributed by atoms with Crippen molar-refractivity contribution < 1.29 is 14.3 Å². The highest BCUT2D eigenvalue weighted by molar-refractivity contribution is 7.80. The molecule has 3 rings (SSSR count). The van der Waals surface area contributed by atoms with Crippen LogP contribution in [0.3, 0.4) is 0 Å². The molecule has 6 nitrogen and oxygen atoms in total. The number of carbonyl (C=O) groups excluding carboxylic acids is 2. The first kappa shape index (κ1) is 23.9. The van der Waals surface area contributed by atoms with Crippen molar-refractivity contribution in [3.05, 3.63) is 90.0 Å². The first-order chi connectivity index (χ1) is 15.9. The van der Waals surface area contributed by atoms with Crippen LogP contribution in [0.5, 0.6) is 5.75 Å². The monoisotopic (exact) mass is 461 g/mol. The van der Waals surface area contributed by atoms with E-state index in [0.717, 1.165) is 12.0 Å². The van der Waals surface area contributed by atoms with Gasteiger partial charge in [0, 0.05) is 23.7 Å². The molecule has 0 aliphatic rings. The number of thiocarbonyl (C=S) groups is 1. The predicted molar refractivity (Wildman–Crippen MR) is 136 cm³/mol. The summed E-state index contributed by atoms with van der Waals surface area (Å²) in [6, 6.07) is 24.2. The van der Waals surface area contributed by atoms with Crippen LogP contribution >= 0.6 is 12.2 Å². The van der Waals surface area contributed by atoms with E-state index in [1.54, 1.807) is 42.5 Å². The van der Waals surface area contributed by atoms with Crippen LogP contribution in [-0.4, -0.2) is 23.5 Å². The number of amides is 2. The van der Waals surface area contributed by atoms with Crippen molar-refractivity contribution in [1.29, 1.82) is 0 Å². The average molecular weight is 462 g/mol. The zero-order valence-electron chi connectivity index (χ0n) is 18.6. The van der Waals surface area contributed by atoms with Gasteiger partial charge in [-0.25, -0.2) is 0 Å². The molecule has 0 radical (unpaired) electrons. The Morgan fingerprint density at radius 2 is 1.55 bits per heavy atom. The molecule has 0 atom stereocenters. The summed E-state index contributed by atoms with van der Waals surface area (Å²) in [5.74, 6) is -0.0805. The Kier molecular flexibility index (Phi) is 8.55. The van der Waals surface area contributed by atoms with E-state index in [0.29, 0.717) is 29.3 Å². The second kappa shape index (κ2) is 11.8. The maximum atomic E-state index is 12.8. The standard InChI is InChI=1S/C26H27N3O3S/c1-18(2)24(30)27-20-11-8-12-21(17-20)28-26(33)29-25(31)22-13-6-7-14-23(22)32-16-15-19-9-4-3-5-10-19/h3-14,17-18H,15-16H2,1-2H3,(H,27,30)(H2,28,29,31,33). The zero-order chi connectivity index (χ0) is 23.6. The van der Waals surface area contributed by atoms with Crippen LogP contribution in [0.25, 0.3) is 0 Å². The van der Waals surface area contributed by atoms with Gasteiger partial charge in [-0.3, -0.25) is 14.9 Å². The lowest BCUT2D eigenvalue weighted by molar-refractivity contribution is -0.118. The van der Waals surface area contributed by atoms with E-state index in [-0.39, 0.29) is 22.8 Å². The third-order valence-corrected chi connectivity index (χ3v) is 4.97. The molecule has 0 aliphatic carbocycles. The van der Waals surface area contributed by atoms with Crippen molar-refractivity contribution in [3.8, 4) is 5.75 Å². The van der Waals surface area contributed by atoms with Crippen molar-refractivity contribution in [2.24, 2.45) is 5.92 Å². The van der Waals surface area contributed by atoms with Gasteiger partial charge in [0.25, 0.3) is 5.91 Å². The van der Waals surface area contributed by atoms with Crippen LogP contribution in [0.4, 0.5) is 11.4 Å². The minimum absolute atomic E-state index is 0.0769. The molecule has 0 heterocycles. The molecule has 33 heavy (non-hydrogen) atoms. The van der Waals surface area contributed by atoms with E-state index in [4.69, 9.17) is 17.0 Å². The molecule has 0 fully saturated rings. The molecular weight excluding hydrogens is 434 g/mol. The van der Waals surface area contributed by atoms with Crippen LogP contribution < -0.4 is 20.7 Å². The number of hydrogen-bond acceptors (Lipinski definition) is 4. The molecule has 0 saturated carbocycles. The Labute approximate surface area is 199 Å². The van der Waals surface area contributed by atoms with Crippen molar-refractivity contribution in [2.45, 2.75) is 20.3 Å². The Bertz CT molecular complexity index is 1120. The van der Waals surface area contributed by atoms with Gasteiger partial charge in [-0.05, 0) is 48.1 Å². The van der Waals surface area contributed by atoms with E-state index in [9.17, 15) is 9.59 Å². The maximum absolute atomic E-state index is 12.8. The summed E-state index contributed by atoms with van der Waals surface area (Å²) >= 11 is 5.31. The molecule has 3 N–H and O–H groups in total. The number of hydrogen-bond donors (Lipinski definition) is 3. The van der Waals surface area contributed by atoms with Gasteiger partial charge in [0.2, 0.25) is 5.91 Å². The Morgan fingerprint density at radius 1 is 0.879 bits per heavy atom. The quantitative estimate of drug-likeness (QED) is 0.410. The normalized spacial score (nSPS) is 10.4. The molecule has 170 valence electrons. The third kappa shape index (κ3) is 7.43. The zero-order valence-corrected chi connectivity index (χ0v) is 19.4. The fraction of sp³-hybridized carbons (Fsp3) is 0.192. The highest BCUT2D eigenvalue weighted by atomic mass is 32.1. The van der Waals surface area contributed by atoms with Gasteiger partial charge >= 0.3 is 0 Å². The fourth-order valence-corrected chi connectivity index (χ4v) is 3.21. The van der Waals surface area contributed by atoms with Crippen molar-refractivity contribution >= 4 is 40.5 Å². The summed E-state index contributed by atoms with van der Waals surface area (Å²) in [4.78, 5) is 24.7. The fourth-order valence-electron chi connectivity index (χ4n) is 3.00. The lowest BCUT2D eigenvalue weighted by Gasteiger charge is -2.14. The number of anilines is 2. The number of ether oxygens (including phenoxy) is 1. The van der Waals surface area contributed by atoms with Gasteiger partial charge in [-0.2, -0.15) is 0 Å². The molecular formula is C26H27N3O3S. The smallest absolute Gasteiger partial charge is 0.261 e. The SMILES string of the molecule is CC(C)C(=O)Nc1cccc(NC(=S)NC(=O)c2ccccc2OCCc2ccccc2)c1. The topological polar surface area (TPSA) is 79.5 Å². The second-order valence-corrected chi connectivity index (χ2v) is 8.12. The Hall–Kier alpha value is -3.71. The van der Waals surface area contributed by atoms with E-state index >= 15 is 0 Å². The van der Waals surface area contributed by atoms with Crippen LogP contribution in [-0.2, 0) is 11.2 Å². The number of benzene rings is 3.